The van der Waals surface area contributed by atoms with Crippen molar-refractivity contribution in [3.05, 3.63) is 29.6 Å². The van der Waals surface area contributed by atoms with Crippen LogP contribution in [-0.4, -0.2) is 71.5 Å². The Morgan fingerprint density at radius 2 is 2.08 bits per heavy atom. The van der Waals surface area contributed by atoms with E-state index in [0.717, 1.165) is 61.6 Å². The zero-order valence-corrected chi connectivity index (χ0v) is 14.9. The molecule has 6 nitrogen and oxygen atoms in total. The highest BCUT2D eigenvalue weighted by atomic mass is 16.2. The SMILES string of the molecule is CN1CCN(C(=O)c2ccc3nc(CCNC4CCC4)[nH]c3c2)CC1. The molecule has 1 aliphatic heterocycles. The quantitative estimate of drug-likeness (QED) is 0.868. The van der Waals surface area contributed by atoms with Gasteiger partial charge in [0.2, 0.25) is 0 Å². The number of carbonyl (C=O) groups is 1. The summed E-state index contributed by atoms with van der Waals surface area (Å²) < 4.78 is 0. The fourth-order valence-electron chi connectivity index (χ4n) is 3.51. The number of likely N-dealkylation sites (N-methyl/N-ethyl adjacent to an activating group) is 1. The summed E-state index contributed by atoms with van der Waals surface area (Å²) in [7, 11) is 2.10. The maximum Gasteiger partial charge on any atom is 0.254 e. The van der Waals surface area contributed by atoms with Crippen LogP contribution in [0.5, 0.6) is 0 Å². The molecule has 134 valence electrons. The molecule has 1 saturated heterocycles. The monoisotopic (exact) mass is 341 g/mol. The van der Waals surface area contributed by atoms with Gasteiger partial charge in [0.25, 0.3) is 5.91 Å². The molecule has 2 aliphatic rings. The minimum absolute atomic E-state index is 0.123. The van der Waals surface area contributed by atoms with Gasteiger partial charge in [0.15, 0.2) is 0 Å². The second kappa shape index (κ2) is 7.14. The number of rotatable bonds is 5. The lowest BCUT2D eigenvalue weighted by Crippen LogP contribution is -2.47. The molecule has 1 amide bonds. The van der Waals surface area contributed by atoms with Gasteiger partial charge >= 0.3 is 0 Å². The first-order valence-electron chi connectivity index (χ1n) is 9.39. The number of fused-ring (bicyclic) bond motifs is 1. The zero-order valence-electron chi connectivity index (χ0n) is 14.9. The average molecular weight is 341 g/mol. The number of aromatic amines is 1. The van der Waals surface area contributed by atoms with Crippen molar-refractivity contribution < 1.29 is 4.79 Å². The number of imidazole rings is 1. The van der Waals surface area contributed by atoms with Crippen LogP contribution in [0.4, 0.5) is 0 Å². The van der Waals surface area contributed by atoms with Crippen LogP contribution in [0, 0.1) is 0 Å². The number of H-pyrrole nitrogens is 1. The molecule has 1 aromatic heterocycles. The van der Waals surface area contributed by atoms with Crippen LogP contribution in [0.15, 0.2) is 18.2 Å². The number of carbonyl (C=O) groups excluding carboxylic acids is 1. The lowest BCUT2D eigenvalue weighted by molar-refractivity contribution is 0.0664. The molecule has 1 saturated carbocycles. The molecule has 0 spiro atoms. The van der Waals surface area contributed by atoms with Gasteiger partial charge in [-0.3, -0.25) is 4.79 Å². The van der Waals surface area contributed by atoms with Gasteiger partial charge in [0.1, 0.15) is 5.82 Å². The Morgan fingerprint density at radius 3 is 2.80 bits per heavy atom. The van der Waals surface area contributed by atoms with Gasteiger partial charge in [-0.2, -0.15) is 0 Å². The second-order valence-electron chi connectivity index (χ2n) is 7.34. The lowest BCUT2D eigenvalue weighted by Gasteiger charge is -2.32. The van der Waals surface area contributed by atoms with E-state index < -0.39 is 0 Å². The van der Waals surface area contributed by atoms with Gasteiger partial charge in [-0.15, -0.1) is 0 Å². The molecule has 6 heteroatoms. The molecule has 1 aliphatic carbocycles. The van der Waals surface area contributed by atoms with Crippen molar-refractivity contribution in [3.63, 3.8) is 0 Å². The van der Waals surface area contributed by atoms with E-state index in [1.54, 1.807) is 0 Å². The highest BCUT2D eigenvalue weighted by Crippen LogP contribution is 2.19. The molecule has 2 fully saturated rings. The first-order valence-corrected chi connectivity index (χ1v) is 9.39. The number of benzene rings is 1. The molecule has 0 radical (unpaired) electrons. The lowest BCUT2D eigenvalue weighted by atomic mass is 9.93. The molecule has 2 aromatic rings. The van der Waals surface area contributed by atoms with Crippen molar-refractivity contribution in [2.75, 3.05) is 39.8 Å². The maximum atomic E-state index is 12.7. The van der Waals surface area contributed by atoms with Crippen LogP contribution in [0.2, 0.25) is 0 Å². The van der Waals surface area contributed by atoms with Crippen LogP contribution < -0.4 is 5.32 Å². The van der Waals surface area contributed by atoms with Crippen molar-refractivity contribution >= 4 is 16.9 Å². The fourth-order valence-corrected chi connectivity index (χ4v) is 3.51. The largest absolute Gasteiger partial charge is 0.342 e. The Labute approximate surface area is 148 Å². The van der Waals surface area contributed by atoms with Crippen LogP contribution in [0.25, 0.3) is 11.0 Å². The topological polar surface area (TPSA) is 64.3 Å². The Morgan fingerprint density at radius 1 is 1.28 bits per heavy atom. The molecule has 1 aromatic carbocycles. The van der Waals surface area contributed by atoms with Crippen LogP contribution >= 0.6 is 0 Å². The minimum atomic E-state index is 0.123. The number of aromatic nitrogens is 2. The van der Waals surface area contributed by atoms with Gasteiger partial charge in [-0.25, -0.2) is 4.98 Å². The molecule has 0 atom stereocenters. The predicted molar refractivity (Wildman–Crippen MR) is 98.8 cm³/mol. The minimum Gasteiger partial charge on any atom is -0.342 e. The number of hydrogen-bond donors (Lipinski definition) is 2. The zero-order chi connectivity index (χ0) is 17.2. The van der Waals surface area contributed by atoms with Gasteiger partial charge in [0.05, 0.1) is 11.0 Å². The van der Waals surface area contributed by atoms with Gasteiger partial charge < -0.3 is 20.1 Å². The highest BCUT2D eigenvalue weighted by molar-refractivity contribution is 5.97. The standard InChI is InChI=1S/C19H27N5O/c1-23-9-11-24(12-10-23)19(25)14-5-6-16-17(13-14)22-18(21-16)7-8-20-15-3-2-4-15/h5-6,13,15,20H,2-4,7-12H2,1H3,(H,21,22). The molecule has 4 rings (SSSR count). The molecule has 0 bridgehead atoms. The Balaban J connectivity index is 1.41. The molecule has 2 N–H and O–H groups in total. The number of nitrogens with zero attached hydrogens (tertiary/aromatic N) is 3. The van der Waals surface area contributed by atoms with Crippen molar-refractivity contribution in [2.24, 2.45) is 0 Å². The van der Waals surface area contributed by atoms with Crippen LogP contribution in [0.3, 0.4) is 0 Å². The van der Waals surface area contributed by atoms with Crippen molar-refractivity contribution in [2.45, 2.75) is 31.7 Å². The Hall–Kier alpha value is -1.92. The van der Waals surface area contributed by atoms with Crippen molar-refractivity contribution in [1.29, 1.82) is 0 Å². The van der Waals surface area contributed by atoms with Crippen LogP contribution in [-0.2, 0) is 6.42 Å². The summed E-state index contributed by atoms with van der Waals surface area (Å²) in [6.45, 7) is 4.44. The summed E-state index contributed by atoms with van der Waals surface area (Å²) >= 11 is 0. The maximum absolute atomic E-state index is 12.7. The first-order chi connectivity index (χ1) is 12.2. The van der Waals surface area contributed by atoms with Crippen molar-refractivity contribution in [1.82, 2.24) is 25.1 Å². The second-order valence-corrected chi connectivity index (χ2v) is 7.34. The van der Waals surface area contributed by atoms with E-state index in [-0.39, 0.29) is 5.91 Å². The Bertz CT molecular complexity index is 743. The molecular formula is C19H27N5O. The van der Waals surface area contributed by atoms with Crippen LogP contribution in [0.1, 0.15) is 35.4 Å². The van der Waals surface area contributed by atoms with E-state index in [1.807, 2.05) is 23.1 Å². The van der Waals surface area contributed by atoms with Gasteiger partial charge in [0, 0.05) is 50.7 Å². The summed E-state index contributed by atoms with van der Waals surface area (Å²) in [5, 5.41) is 3.56. The number of hydrogen-bond acceptors (Lipinski definition) is 4. The summed E-state index contributed by atoms with van der Waals surface area (Å²) in [6, 6.07) is 6.52. The molecule has 25 heavy (non-hydrogen) atoms. The third kappa shape index (κ3) is 3.70. The summed E-state index contributed by atoms with van der Waals surface area (Å²) in [6.07, 6.45) is 4.86. The fraction of sp³-hybridized carbons (Fsp3) is 0.579. The van der Waals surface area contributed by atoms with E-state index in [9.17, 15) is 4.79 Å². The van der Waals surface area contributed by atoms with E-state index in [1.165, 1.54) is 19.3 Å². The van der Waals surface area contributed by atoms with E-state index in [0.29, 0.717) is 6.04 Å². The summed E-state index contributed by atoms with van der Waals surface area (Å²) in [5.41, 5.74) is 2.65. The molecule has 2 heterocycles. The van der Waals surface area contributed by atoms with Gasteiger partial charge in [-0.1, -0.05) is 6.42 Å². The summed E-state index contributed by atoms with van der Waals surface area (Å²) in [5.74, 6) is 1.11. The molecular weight excluding hydrogens is 314 g/mol. The van der Waals surface area contributed by atoms with E-state index >= 15 is 0 Å². The highest BCUT2D eigenvalue weighted by Gasteiger charge is 2.21. The molecule has 0 unspecified atom stereocenters. The first kappa shape index (κ1) is 16.5. The summed E-state index contributed by atoms with van der Waals surface area (Å²) in [4.78, 5) is 24.9. The smallest absolute Gasteiger partial charge is 0.254 e. The van der Waals surface area contributed by atoms with Crippen molar-refractivity contribution in [3.8, 4) is 0 Å². The third-order valence-corrected chi connectivity index (χ3v) is 5.47. The number of amides is 1. The average Bonchev–Trinajstić information content (AvgIpc) is 2.99. The Kier molecular flexibility index (Phi) is 4.72. The number of nitrogens with one attached hydrogen (secondary N) is 2. The van der Waals surface area contributed by atoms with E-state index in [4.69, 9.17) is 0 Å². The van der Waals surface area contributed by atoms with E-state index in [2.05, 4.69) is 27.2 Å². The third-order valence-electron chi connectivity index (χ3n) is 5.47. The van der Waals surface area contributed by atoms with Gasteiger partial charge in [-0.05, 0) is 38.1 Å². The number of piperazine rings is 1. The predicted octanol–water partition coefficient (Wildman–Crippen LogP) is 1.64. The normalized spacial score (nSPS) is 19.3.